The van der Waals surface area contributed by atoms with Crippen LogP contribution in [0.3, 0.4) is 0 Å². The van der Waals surface area contributed by atoms with Gasteiger partial charge in [-0.05, 0) is 60.8 Å². The van der Waals surface area contributed by atoms with Crippen molar-refractivity contribution in [2.75, 3.05) is 0 Å². The zero-order valence-corrected chi connectivity index (χ0v) is 12.6. The topological polar surface area (TPSA) is 37.3 Å². The number of hydrogen-bond acceptors (Lipinski definition) is 1. The molecule has 2 heteroatoms. The molecule has 0 saturated heterocycles. The largest absolute Gasteiger partial charge is 0.478 e. The van der Waals surface area contributed by atoms with Gasteiger partial charge in [-0.15, -0.1) is 0 Å². The van der Waals surface area contributed by atoms with Crippen LogP contribution in [0.4, 0.5) is 0 Å². The highest BCUT2D eigenvalue weighted by Gasteiger charge is 2.16. The van der Waals surface area contributed by atoms with Gasteiger partial charge in [-0.25, -0.2) is 4.79 Å². The second kappa shape index (κ2) is 7.32. The Morgan fingerprint density at radius 2 is 1.26 bits per heavy atom. The minimum absolute atomic E-state index is 0.436. The monoisotopic (exact) mass is 262 g/mol. The number of carboxylic acid groups (broad SMARTS) is 1. The fourth-order valence-corrected chi connectivity index (χ4v) is 2.79. The predicted molar refractivity (Wildman–Crippen MR) is 80.0 cm³/mol. The van der Waals surface area contributed by atoms with Crippen LogP contribution in [-0.4, -0.2) is 11.1 Å². The summed E-state index contributed by atoms with van der Waals surface area (Å²) in [5, 5.41) is 9.29. The highest BCUT2D eigenvalue weighted by molar-refractivity contribution is 5.88. The van der Waals surface area contributed by atoms with E-state index in [0.717, 1.165) is 25.7 Å². The van der Waals surface area contributed by atoms with Crippen molar-refractivity contribution in [1.82, 2.24) is 0 Å². The second-order valence-corrected chi connectivity index (χ2v) is 5.22. The maximum absolute atomic E-state index is 11.3. The van der Waals surface area contributed by atoms with Crippen molar-refractivity contribution < 1.29 is 9.90 Å². The Kier molecular flexibility index (Phi) is 6.07. The summed E-state index contributed by atoms with van der Waals surface area (Å²) in [4.78, 5) is 11.3. The first-order valence-electron chi connectivity index (χ1n) is 7.45. The molecule has 0 aliphatic rings. The molecule has 0 saturated carbocycles. The zero-order chi connectivity index (χ0) is 14.4. The average Bonchev–Trinajstić information content (AvgIpc) is 2.41. The minimum Gasteiger partial charge on any atom is -0.478 e. The highest BCUT2D eigenvalue weighted by Crippen LogP contribution is 2.30. The molecule has 0 atom stereocenters. The molecule has 0 fully saturated rings. The van der Waals surface area contributed by atoms with E-state index in [2.05, 4.69) is 33.8 Å². The predicted octanol–water partition coefficient (Wildman–Crippen LogP) is 5.19. The first kappa shape index (κ1) is 15.7. The third-order valence-corrected chi connectivity index (χ3v) is 4.14. The number of benzene rings is 1. The van der Waals surface area contributed by atoms with Crippen LogP contribution in [0.1, 0.15) is 86.7 Å². The van der Waals surface area contributed by atoms with Crippen LogP contribution in [-0.2, 0) is 0 Å². The lowest BCUT2D eigenvalue weighted by Crippen LogP contribution is -2.05. The summed E-state index contributed by atoms with van der Waals surface area (Å²) in [6.07, 6.45) is 4.23. The lowest BCUT2D eigenvalue weighted by molar-refractivity contribution is 0.0696. The fourth-order valence-electron chi connectivity index (χ4n) is 2.79. The van der Waals surface area contributed by atoms with Gasteiger partial charge >= 0.3 is 5.97 Å². The summed E-state index contributed by atoms with van der Waals surface area (Å²) in [7, 11) is 0. The first-order valence-corrected chi connectivity index (χ1v) is 7.45. The molecule has 0 radical (unpaired) electrons. The Labute approximate surface area is 116 Å². The summed E-state index contributed by atoms with van der Waals surface area (Å²) < 4.78 is 0. The van der Waals surface area contributed by atoms with Crippen LogP contribution < -0.4 is 0 Å². The van der Waals surface area contributed by atoms with Crippen molar-refractivity contribution in [3.63, 3.8) is 0 Å². The molecule has 106 valence electrons. The van der Waals surface area contributed by atoms with Gasteiger partial charge in [0.25, 0.3) is 0 Å². The quantitative estimate of drug-likeness (QED) is 0.734. The van der Waals surface area contributed by atoms with Crippen molar-refractivity contribution in [2.45, 2.75) is 65.2 Å². The molecular formula is C17H26O2. The van der Waals surface area contributed by atoms with Gasteiger partial charge < -0.3 is 5.11 Å². The van der Waals surface area contributed by atoms with E-state index in [9.17, 15) is 9.90 Å². The molecule has 1 aromatic carbocycles. The van der Waals surface area contributed by atoms with Gasteiger partial charge in [0.15, 0.2) is 0 Å². The number of rotatable bonds is 7. The summed E-state index contributed by atoms with van der Waals surface area (Å²) in [5.74, 6) is 0.111. The summed E-state index contributed by atoms with van der Waals surface area (Å²) in [6, 6.07) is 5.93. The van der Waals surface area contributed by atoms with Crippen molar-refractivity contribution in [3.05, 3.63) is 34.9 Å². The van der Waals surface area contributed by atoms with Crippen LogP contribution in [0.15, 0.2) is 18.2 Å². The normalized spacial score (nSPS) is 11.3. The number of carbonyl (C=O) groups is 1. The smallest absolute Gasteiger partial charge is 0.335 e. The van der Waals surface area contributed by atoms with Gasteiger partial charge in [-0.1, -0.05) is 33.8 Å². The van der Waals surface area contributed by atoms with E-state index in [4.69, 9.17) is 0 Å². The molecule has 1 rings (SSSR count). The lowest BCUT2D eigenvalue weighted by atomic mass is 9.86. The number of aromatic carboxylic acids is 1. The van der Waals surface area contributed by atoms with E-state index >= 15 is 0 Å². The second-order valence-electron chi connectivity index (χ2n) is 5.22. The SMILES string of the molecule is CCC(CC)c1cc(C(=O)O)cc(C(CC)CC)c1. The Hall–Kier alpha value is -1.31. The minimum atomic E-state index is -0.819. The van der Waals surface area contributed by atoms with E-state index in [1.807, 2.05) is 12.1 Å². The molecule has 1 aromatic rings. The van der Waals surface area contributed by atoms with E-state index in [1.54, 1.807) is 0 Å². The Morgan fingerprint density at radius 3 is 1.53 bits per heavy atom. The molecule has 0 heterocycles. The van der Waals surface area contributed by atoms with Gasteiger partial charge in [0.2, 0.25) is 0 Å². The Morgan fingerprint density at radius 1 is 0.895 bits per heavy atom. The van der Waals surface area contributed by atoms with E-state index in [1.165, 1.54) is 11.1 Å². The standard InChI is InChI=1S/C17H26O2/c1-5-12(6-2)14-9-15(13(7-3)8-4)11-16(10-14)17(18)19/h9-13H,5-8H2,1-4H3,(H,18,19). The molecule has 0 aliphatic heterocycles. The van der Waals surface area contributed by atoms with Gasteiger partial charge in [-0.2, -0.15) is 0 Å². The van der Waals surface area contributed by atoms with E-state index in [-0.39, 0.29) is 0 Å². The van der Waals surface area contributed by atoms with E-state index in [0.29, 0.717) is 17.4 Å². The third kappa shape index (κ3) is 3.82. The molecule has 19 heavy (non-hydrogen) atoms. The third-order valence-electron chi connectivity index (χ3n) is 4.14. The summed E-state index contributed by atoms with van der Waals surface area (Å²) in [5.41, 5.74) is 2.81. The molecule has 0 amide bonds. The maximum atomic E-state index is 11.3. The number of hydrogen-bond donors (Lipinski definition) is 1. The van der Waals surface area contributed by atoms with Crippen LogP contribution in [0.25, 0.3) is 0 Å². The lowest BCUT2D eigenvalue weighted by Gasteiger charge is -2.19. The summed E-state index contributed by atoms with van der Waals surface area (Å²) in [6.45, 7) is 8.66. The van der Waals surface area contributed by atoms with Crippen molar-refractivity contribution >= 4 is 5.97 Å². The van der Waals surface area contributed by atoms with Gasteiger partial charge in [0, 0.05) is 0 Å². The van der Waals surface area contributed by atoms with Crippen LogP contribution in [0, 0.1) is 0 Å². The van der Waals surface area contributed by atoms with Crippen molar-refractivity contribution in [1.29, 1.82) is 0 Å². The first-order chi connectivity index (χ1) is 9.07. The fraction of sp³-hybridized carbons (Fsp3) is 0.588. The Balaban J connectivity index is 3.28. The maximum Gasteiger partial charge on any atom is 0.335 e. The van der Waals surface area contributed by atoms with Crippen molar-refractivity contribution in [3.8, 4) is 0 Å². The van der Waals surface area contributed by atoms with Gasteiger partial charge in [0.05, 0.1) is 5.56 Å². The summed E-state index contributed by atoms with van der Waals surface area (Å²) >= 11 is 0. The zero-order valence-electron chi connectivity index (χ0n) is 12.6. The van der Waals surface area contributed by atoms with Gasteiger partial charge in [-0.3, -0.25) is 0 Å². The molecule has 0 aromatic heterocycles. The molecule has 0 bridgehead atoms. The van der Waals surface area contributed by atoms with Crippen LogP contribution in [0.2, 0.25) is 0 Å². The van der Waals surface area contributed by atoms with Gasteiger partial charge in [0.1, 0.15) is 0 Å². The molecule has 0 aliphatic carbocycles. The molecule has 2 nitrogen and oxygen atoms in total. The molecule has 1 N–H and O–H groups in total. The molecule has 0 spiro atoms. The average molecular weight is 262 g/mol. The van der Waals surface area contributed by atoms with Crippen LogP contribution >= 0.6 is 0 Å². The van der Waals surface area contributed by atoms with Crippen molar-refractivity contribution in [2.24, 2.45) is 0 Å². The highest BCUT2D eigenvalue weighted by atomic mass is 16.4. The van der Waals surface area contributed by atoms with Crippen LogP contribution in [0.5, 0.6) is 0 Å². The molecular weight excluding hydrogens is 236 g/mol. The van der Waals surface area contributed by atoms with E-state index < -0.39 is 5.97 Å². The Bertz CT molecular complexity index is 385. The number of carboxylic acids is 1. The molecule has 0 unspecified atom stereocenters.